The third-order valence-corrected chi connectivity index (χ3v) is 3.57. The largest absolute Gasteiger partial charge is 0.400 e. The van der Waals surface area contributed by atoms with Gasteiger partial charge in [0, 0.05) is 26.4 Å². The number of benzene rings is 1. The van der Waals surface area contributed by atoms with Gasteiger partial charge in [-0.05, 0) is 45.9 Å². The monoisotopic (exact) mass is 411 g/mol. The van der Waals surface area contributed by atoms with Crippen molar-refractivity contribution in [3.8, 4) is 0 Å². The van der Waals surface area contributed by atoms with Gasteiger partial charge in [-0.2, -0.15) is 0 Å². The van der Waals surface area contributed by atoms with Crippen LogP contribution in [0.3, 0.4) is 0 Å². The molecule has 0 aliphatic rings. The van der Waals surface area contributed by atoms with Gasteiger partial charge in [-0.1, -0.05) is 49.0 Å². The minimum atomic E-state index is 0.276. The molecule has 1 aromatic heterocycles. The molecule has 2 aromatic rings. The van der Waals surface area contributed by atoms with Crippen LogP contribution in [0.2, 0.25) is 0 Å². The SMILES string of the molecule is C=C(C)C=C(C)C.CC.CCOC.CO.N=c1sc2cc(C=O)ccc2n1N. The normalized spacial score (nSPS) is 8.32. The molecule has 0 atom stereocenters. The fraction of sp³-hybridized carbons (Fsp3) is 0.429. The number of ether oxygens (including phenoxy) is 1. The summed E-state index contributed by atoms with van der Waals surface area (Å²) in [5, 5.41) is 14.4. The van der Waals surface area contributed by atoms with Crippen LogP contribution in [0.1, 0.15) is 51.9 Å². The first-order chi connectivity index (χ1) is 13.3. The van der Waals surface area contributed by atoms with Crippen molar-refractivity contribution in [2.75, 3.05) is 26.7 Å². The second-order valence-corrected chi connectivity index (χ2v) is 6.30. The molecule has 0 saturated carbocycles. The number of hydrogen-bond donors (Lipinski definition) is 3. The van der Waals surface area contributed by atoms with E-state index in [1.807, 2.05) is 27.7 Å². The van der Waals surface area contributed by atoms with Crippen LogP contribution in [0.25, 0.3) is 10.2 Å². The predicted molar refractivity (Wildman–Crippen MR) is 122 cm³/mol. The number of thiazole rings is 1. The lowest BCUT2D eigenvalue weighted by Gasteiger charge is -1.94. The molecule has 0 spiro atoms. The van der Waals surface area contributed by atoms with Gasteiger partial charge in [-0.15, -0.1) is 0 Å². The Morgan fingerprint density at radius 1 is 1.32 bits per heavy atom. The molecule has 0 aliphatic heterocycles. The first kappa shape index (κ1) is 30.5. The summed E-state index contributed by atoms with van der Waals surface area (Å²) in [7, 11) is 2.68. The van der Waals surface area contributed by atoms with Gasteiger partial charge >= 0.3 is 0 Å². The number of methoxy groups -OCH3 is 1. The van der Waals surface area contributed by atoms with E-state index in [0.717, 1.165) is 35.8 Å². The molecule has 0 saturated heterocycles. The Morgan fingerprint density at radius 3 is 2.14 bits per heavy atom. The number of nitrogens with one attached hydrogen (secondary N) is 1. The number of aliphatic hydroxyl groups is 1. The number of rotatable bonds is 3. The van der Waals surface area contributed by atoms with Crippen molar-refractivity contribution in [2.45, 2.75) is 41.5 Å². The quantitative estimate of drug-likeness (QED) is 0.392. The van der Waals surface area contributed by atoms with Crippen molar-refractivity contribution in [1.29, 1.82) is 5.41 Å². The lowest BCUT2D eigenvalue weighted by atomic mass is 10.2. The topological polar surface area (TPSA) is 101 Å². The summed E-state index contributed by atoms with van der Waals surface area (Å²) in [5.41, 5.74) is 3.82. The van der Waals surface area contributed by atoms with E-state index in [4.69, 9.17) is 16.4 Å². The number of nitrogens with two attached hydrogens (primary N) is 1. The number of nitrogen functional groups attached to an aromatic ring is 1. The number of aldehydes is 1. The summed E-state index contributed by atoms with van der Waals surface area (Å²) in [5.74, 6) is 5.58. The molecule has 0 radical (unpaired) electrons. The molecular weight excluding hydrogens is 374 g/mol. The summed E-state index contributed by atoms with van der Waals surface area (Å²) in [6.07, 6.45) is 2.84. The molecule has 6 nitrogen and oxygen atoms in total. The van der Waals surface area contributed by atoms with E-state index < -0.39 is 0 Å². The standard InChI is InChI=1S/C8H7N3OS.C7H12.C3H8O.C2H6.CH4O/c9-8-11(10)6-2-1-5(4-12)3-7(6)13-8;1-6(2)5-7(3)4;1-3-4-2;2*1-2/h1-4,9H,10H2;5H,1H2,2-4H3;3H2,1-2H3;1-2H3;2H,1H3. The van der Waals surface area contributed by atoms with E-state index in [2.05, 4.69) is 31.2 Å². The van der Waals surface area contributed by atoms with Crippen LogP contribution in [-0.4, -0.2) is 36.9 Å². The third-order valence-electron chi connectivity index (χ3n) is 2.63. The van der Waals surface area contributed by atoms with Crippen molar-refractivity contribution < 1.29 is 14.6 Å². The zero-order valence-electron chi connectivity index (χ0n) is 18.5. The van der Waals surface area contributed by atoms with Gasteiger partial charge in [0.2, 0.25) is 4.80 Å². The van der Waals surface area contributed by atoms with Gasteiger partial charge in [-0.25, -0.2) is 4.68 Å². The van der Waals surface area contributed by atoms with Gasteiger partial charge in [0.1, 0.15) is 6.29 Å². The van der Waals surface area contributed by atoms with Crippen LogP contribution in [0, 0.1) is 5.41 Å². The number of hydrogen-bond acceptors (Lipinski definition) is 6. The van der Waals surface area contributed by atoms with E-state index in [9.17, 15) is 4.79 Å². The maximum absolute atomic E-state index is 10.5. The summed E-state index contributed by atoms with van der Waals surface area (Å²) in [4.78, 5) is 10.7. The molecule has 0 amide bonds. The average molecular weight is 412 g/mol. The molecule has 0 bridgehead atoms. The van der Waals surface area contributed by atoms with Gasteiger partial charge in [0.15, 0.2) is 0 Å². The van der Waals surface area contributed by atoms with Crippen LogP contribution >= 0.6 is 11.3 Å². The lowest BCUT2D eigenvalue weighted by Crippen LogP contribution is -2.20. The fourth-order valence-electron chi connectivity index (χ4n) is 1.64. The molecule has 0 aliphatic carbocycles. The summed E-state index contributed by atoms with van der Waals surface area (Å²) >= 11 is 1.25. The van der Waals surface area contributed by atoms with Crippen LogP contribution in [0.5, 0.6) is 0 Å². The zero-order chi connectivity index (χ0) is 22.7. The molecular formula is C21H37N3O3S. The molecule has 0 fully saturated rings. The first-order valence-corrected chi connectivity index (χ1v) is 9.72. The van der Waals surface area contributed by atoms with Crippen molar-refractivity contribution in [2.24, 2.45) is 0 Å². The minimum Gasteiger partial charge on any atom is -0.400 e. The summed E-state index contributed by atoms with van der Waals surface area (Å²) in [6.45, 7) is 16.6. The van der Waals surface area contributed by atoms with Crippen LogP contribution in [-0.2, 0) is 4.74 Å². The van der Waals surface area contributed by atoms with Crippen molar-refractivity contribution in [3.63, 3.8) is 0 Å². The lowest BCUT2D eigenvalue weighted by molar-refractivity contribution is 0.112. The maximum Gasteiger partial charge on any atom is 0.201 e. The maximum atomic E-state index is 10.5. The molecule has 160 valence electrons. The average Bonchev–Trinajstić information content (AvgIpc) is 2.97. The van der Waals surface area contributed by atoms with E-state index in [0.29, 0.717) is 5.56 Å². The Kier molecular flexibility index (Phi) is 21.3. The van der Waals surface area contributed by atoms with E-state index in [1.54, 1.807) is 25.3 Å². The predicted octanol–water partition coefficient (Wildman–Crippen LogP) is 4.52. The molecule has 2 rings (SSSR count). The number of carbonyl (C=O) groups is 1. The Balaban J connectivity index is -0.000000355. The molecule has 1 aromatic carbocycles. The number of aliphatic hydroxyl groups excluding tert-OH is 1. The number of nitrogens with zero attached hydrogens (tertiary/aromatic N) is 1. The Bertz CT molecular complexity index is 756. The Hall–Kier alpha value is -2.22. The third kappa shape index (κ3) is 13.9. The van der Waals surface area contributed by atoms with Crippen molar-refractivity contribution in [1.82, 2.24) is 4.68 Å². The highest BCUT2D eigenvalue weighted by Gasteiger charge is 2.02. The first-order valence-electron chi connectivity index (χ1n) is 8.91. The van der Waals surface area contributed by atoms with Crippen molar-refractivity contribution in [3.05, 3.63) is 52.4 Å². The van der Waals surface area contributed by atoms with Gasteiger partial charge in [0.05, 0.1) is 10.2 Å². The second-order valence-electron chi connectivity index (χ2n) is 5.27. The fourth-order valence-corrected chi connectivity index (χ4v) is 2.51. The van der Waals surface area contributed by atoms with E-state index in [-0.39, 0.29) is 4.80 Å². The highest BCUT2D eigenvalue weighted by atomic mass is 32.1. The van der Waals surface area contributed by atoms with E-state index >= 15 is 0 Å². The molecule has 1 heterocycles. The summed E-state index contributed by atoms with van der Waals surface area (Å²) in [6, 6.07) is 5.16. The number of fused-ring (bicyclic) bond motifs is 1. The van der Waals surface area contributed by atoms with E-state index in [1.165, 1.54) is 21.6 Å². The van der Waals surface area contributed by atoms with Crippen LogP contribution < -0.4 is 10.6 Å². The highest BCUT2D eigenvalue weighted by molar-refractivity contribution is 7.16. The zero-order valence-corrected chi connectivity index (χ0v) is 19.3. The van der Waals surface area contributed by atoms with Crippen LogP contribution in [0.4, 0.5) is 0 Å². The minimum absolute atomic E-state index is 0.276. The van der Waals surface area contributed by atoms with Crippen molar-refractivity contribution >= 4 is 27.8 Å². The van der Waals surface area contributed by atoms with Gasteiger partial charge in [-0.3, -0.25) is 10.2 Å². The molecule has 4 N–H and O–H groups in total. The number of allylic oxidation sites excluding steroid dienone is 3. The smallest absolute Gasteiger partial charge is 0.201 e. The number of aromatic nitrogens is 1. The highest BCUT2D eigenvalue weighted by Crippen LogP contribution is 2.16. The molecule has 7 heteroatoms. The molecule has 28 heavy (non-hydrogen) atoms. The number of carbonyl (C=O) groups excluding carboxylic acids is 1. The van der Waals surface area contributed by atoms with Gasteiger partial charge in [0.25, 0.3) is 0 Å². The van der Waals surface area contributed by atoms with Gasteiger partial charge < -0.3 is 15.7 Å². The van der Waals surface area contributed by atoms with Crippen LogP contribution in [0.15, 0.2) is 42.0 Å². The Morgan fingerprint density at radius 2 is 1.82 bits per heavy atom. The second kappa shape index (κ2) is 19.5. The molecule has 0 unspecified atom stereocenters. The summed E-state index contributed by atoms with van der Waals surface area (Å²) < 4.78 is 6.70. The Labute approximate surface area is 173 Å².